The first kappa shape index (κ1) is 12.5. The number of pyridine rings is 1. The van der Waals surface area contributed by atoms with Gasteiger partial charge in [-0.2, -0.15) is 0 Å². The van der Waals surface area contributed by atoms with E-state index < -0.39 is 11.4 Å². The summed E-state index contributed by atoms with van der Waals surface area (Å²) in [5.41, 5.74) is 5.84. The molecule has 0 aromatic carbocycles. The normalized spacial score (nSPS) is 16.1. The topological polar surface area (TPSA) is 105 Å². The zero-order valence-corrected chi connectivity index (χ0v) is 9.85. The second kappa shape index (κ2) is 4.73. The number of carbonyl (C=O) groups excluding carboxylic acids is 1. The zero-order valence-electron chi connectivity index (χ0n) is 9.85. The SMILES string of the molecule is NCC1(C(=O)NCc2cc(C(=O)O)ccn2)CC1. The predicted molar refractivity (Wildman–Crippen MR) is 63.8 cm³/mol. The molecular weight excluding hydrogens is 234 g/mol. The van der Waals surface area contributed by atoms with Crippen molar-refractivity contribution in [1.82, 2.24) is 10.3 Å². The minimum atomic E-state index is -1.01. The van der Waals surface area contributed by atoms with Crippen LogP contribution in [-0.2, 0) is 11.3 Å². The Kier molecular flexibility index (Phi) is 3.29. The van der Waals surface area contributed by atoms with Crippen LogP contribution in [0.3, 0.4) is 0 Å². The molecule has 4 N–H and O–H groups in total. The molecule has 1 aliphatic carbocycles. The molecule has 0 atom stereocenters. The van der Waals surface area contributed by atoms with Crippen molar-refractivity contribution in [2.45, 2.75) is 19.4 Å². The smallest absolute Gasteiger partial charge is 0.335 e. The summed E-state index contributed by atoms with van der Waals surface area (Å²) in [6, 6.07) is 2.86. The van der Waals surface area contributed by atoms with Crippen LogP contribution in [0.15, 0.2) is 18.3 Å². The minimum Gasteiger partial charge on any atom is -0.478 e. The van der Waals surface area contributed by atoms with E-state index in [1.807, 2.05) is 0 Å². The molecule has 96 valence electrons. The Morgan fingerprint density at radius 1 is 1.50 bits per heavy atom. The van der Waals surface area contributed by atoms with Crippen LogP contribution < -0.4 is 11.1 Å². The lowest BCUT2D eigenvalue weighted by Crippen LogP contribution is -2.36. The Bertz CT molecular complexity index is 483. The fraction of sp³-hybridized carbons (Fsp3) is 0.417. The molecule has 18 heavy (non-hydrogen) atoms. The lowest BCUT2D eigenvalue weighted by atomic mass is 10.1. The van der Waals surface area contributed by atoms with E-state index in [1.165, 1.54) is 18.3 Å². The van der Waals surface area contributed by atoms with E-state index in [4.69, 9.17) is 10.8 Å². The van der Waals surface area contributed by atoms with Crippen molar-refractivity contribution in [3.05, 3.63) is 29.6 Å². The molecule has 1 aromatic rings. The molecule has 1 saturated carbocycles. The summed E-state index contributed by atoms with van der Waals surface area (Å²) >= 11 is 0. The number of amides is 1. The highest BCUT2D eigenvalue weighted by Crippen LogP contribution is 2.44. The van der Waals surface area contributed by atoms with E-state index in [-0.39, 0.29) is 18.0 Å². The summed E-state index contributed by atoms with van der Waals surface area (Å²) in [5.74, 6) is -1.09. The monoisotopic (exact) mass is 249 g/mol. The minimum absolute atomic E-state index is 0.0764. The van der Waals surface area contributed by atoms with Crippen LogP contribution >= 0.6 is 0 Å². The van der Waals surface area contributed by atoms with Crippen LogP contribution in [0.2, 0.25) is 0 Å². The van der Waals surface area contributed by atoms with Gasteiger partial charge in [0.2, 0.25) is 5.91 Å². The molecule has 1 aliphatic rings. The number of hydrogen-bond acceptors (Lipinski definition) is 4. The van der Waals surface area contributed by atoms with Crippen molar-refractivity contribution < 1.29 is 14.7 Å². The van der Waals surface area contributed by atoms with Crippen molar-refractivity contribution >= 4 is 11.9 Å². The molecule has 0 radical (unpaired) electrons. The Balaban J connectivity index is 1.96. The lowest BCUT2D eigenvalue weighted by Gasteiger charge is -2.12. The van der Waals surface area contributed by atoms with Crippen LogP contribution in [0.4, 0.5) is 0 Å². The molecular formula is C12H15N3O3. The molecule has 0 spiro atoms. The number of hydrogen-bond donors (Lipinski definition) is 3. The number of nitrogens with one attached hydrogen (secondary N) is 1. The first-order chi connectivity index (χ1) is 8.57. The average molecular weight is 249 g/mol. The highest BCUT2D eigenvalue weighted by atomic mass is 16.4. The molecule has 0 bridgehead atoms. The van der Waals surface area contributed by atoms with Crippen molar-refractivity contribution in [2.75, 3.05) is 6.54 Å². The van der Waals surface area contributed by atoms with Gasteiger partial charge < -0.3 is 16.2 Å². The highest BCUT2D eigenvalue weighted by molar-refractivity contribution is 5.87. The van der Waals surface area contributed by atoms with Crippen molar-refractivity contribution in [2.24, 2.45) is 11.1 Å². The molecule has 0 saturated heterocycles. The van der Waals surface area contributed by atoms with Crippen LogP contribution in [0.5, 0.6) is 0 Å². The van der Waals surface area contributed by atoms with E-state index in [9.17, 15) is 9.59 Å². The molecule has 1 amide bonds. The molecule has 1 heterocycles. The average Bonchev–Trinajstić information content (AvgIpc) is 3.17. The molecule has 0 aliphatic heterocycles. The van der Waals surface area contributed by atoms with Crippen LogP contribution in [0.25, 0.3) is 0 Å². The van der Waals surface area contributed by atoms with Gasteiger partial charge in [0, 0.05) is 12.7 Å². The summed E-state index contributed by atoms with van der Waals surface area (Å²) in [5, 5.41) is 11.6. The quantitative estimate of drug-likeness (QED) is 0.688. The van der Waals surface area contributed by atoms with Crippen LogP contribution in [-0.4, -0.2) is 28.5 Å². The van der Waals surface area contributed by atoms with Gasteiger partial charge in [-0.05, 0) is 25.0 Å². The lowest BCUT2D eigenvalue weighted by molar-refractivity contribution is -0.126. The first-order valence-corrected chi connectivity index (χ1v) is 5.74. The second-order valence-corrected chi connectivity index (χ2v) is 4.51. The van der Waals surface area contributed by atoms with E-state index in [2.05, 4.69) is 10.3 Å². The Hall–Kier alpha value is -1.95. The van der Waals surface area contributed by atoms with Gasteiger partial charge in [-0.3, -0.25) is 9.78 Å². The number of aromatic nitrogens is 1. The number of carboxylic acids is 1. The number of aromatic carboxylic acids is 1. The summed E-state index contributed by atoms with van der Waals surface area (Å²) in [6.45, 7) is 0.573. The summed E-state index contributed by atoms with van der Waals surface area (Å²) < 4.78 is 0. The Morgan fingerprint density at radius 3 is 2.78 bits per heavy atom. The van der Waals surface area contributed by atoms with E-state index in [0.29, 0.717) is 12.2 Å². The maximum absolute atomic E-state index is 11.8. The summed E-state index contributed by atoms with van der Waals surface area (Å²) in [7, 11) is 0. The predicted octanol–water partition coefficient (Wildman–Crippen LogP) is 0.135. The highest BCUT2D eigenvalue weighted by Gasteiger charge is 2.48. The van der Waals surface area contributed by atoms with E-state index in [0.717, 1.165) is 12.8 Å². The fourth-order valence-corrected chi connectivity index (χ4v) is 1.74. The van der Waals surface area contributed by atoms with Crippen molar-refractivity contribution in [1.29, 1.82) is 0 Å². The van der Waals surface area contributed by atoms with Crippen LogP contribution in [0, 0.1) is 5.41 Å². The van der Waals surface area contributed by atoms with Crippen molar-refractivity contribution in [3.63, 3.8) is 0 Å². The van der Waals surface area contributed by atoms with Gasteiger partial charge in [-0.15, -0.1) is 0 Å². The largest absolute Gasteiger partial charge is 0.478 e. The number of nitrogens with two attached hydrogens (primary N) is 1. The standard InChI is InChI=1S/C12H15N3O3/c13-7-12(2-3-12)11(18)15-6-9-5-8(10(16)17)1-4-14-9/h1,4-5H,2-3,6-7,13H2,(H,15,18)(H,16,17). The van der Waals surface area contributed by atoms with Gasteiger partial charge in [0.1, 0.15) is 0 Å². The number of carbonyl (C=O) groups is 2. The van der Waals surface area contributed by atoms with Gasteiger partial charge >= 0.3 is 5.97 Å². The first-order valence-electron chi connectivity index (χ1n) is 5.74. The van der Waals surface area contributed by atoms with Gasteiger partial charge in [0.05, 0.1) is 23.2 Å². The number of rotatable bonds is 5. The van der Waals surface area contributed by atoms with Gasteiger partial charge in [-0.1, -0.05) is 0 Å². The van der Waals surface area contributed by atoms with Gasteiger partial charge in [0.25, 0.3) is 0 Å². The molecule has 1 fully saturated rings. The Labute approximate surface area is 104 Å². The molecule has 6 nitrogen and oxygen atoms in total. The zero-order chi connectivity index (χ0) is 13.2. The summed E-state index contributed by atoms with van der Waals surface area (Å²) in [6.07, 6.45) is 3.05. The third-order valence-electron chi connectivity index (χ3n) is 3.22. The second-order valence-electron chi connectivity index (χ2n) is 4.51. The third kappa shape index (κ3) is 2.48. The maximum Gasteiger partial charge on any atom is 0.335 e. The van der Waals surface area contributed by atoms with Gasteiger partial charge in [-0.25, -0.2) is 4.79 Å². The number of carboxylic acid groups (broad SMARTS) is 1. The Morgan fingerprint density at radius 2 is 2.22 bits per heavy atom. The summed E-state index contributed by atoms with van der Waals surface area (Å²) in [4.78, 5) is 26.6. The van der Waals surface area contributed by atoms with Gasteiger partial charge in [0.15, 0.2) is 0 Å². The third-order valence-corrected chi connectivity index (χ3v) is 3.22. The molecule has 6 heteroatoms. The molecule has 0 unspecified atom stereocenters. The van der Waals surface area contributed by atoms with Crippen molar-refractivity contribution in [3.8, 4) is 0 Å². The fourth-order valence-electron chi connectivity index (χ4n) is 1.74. The van der Waals surface area contributed by atoms with E-state index in [1.54, 1.807) is 0 Å². The molecule has 1 aromatic heterocycles. The van der Waals surface area contributed by atoms with E-state index >= 15 is 0 Å². The molecule has 2 rings (SSSR count). The van der Waals surface area contributed by atoms with Crippen LogP contribution in [0.1, 0.15) is 28.9 Å². The maximum atomic E-state index is 11.8. The number of nitrogens with zero attached hydrogens (tertiary/aromatic N) is 1.